The molecule has 1 atom stereocenters. The molecule has 2 heteroatoms. The van der Waals surface area contributed by atoms with Gasteiger partial charge in [0.1, 0.15) is 0 Å². The molecule has 0 aromatic heterocycles. The molecule has 0 aliphatic carbocycles. The Morgan fingerprint density at radius 1 is 1.27 bits per heavy atom. The van der Waals surface area contributed by atoms with E-state index in [1.807, 2.05) is 30.3 Å². The maximum atomic E-state index is 9.44. The van der Waals surface area contributed by atoms with Gasteiger partial charge in [0.2, 0.25) is 0 Å². The fraction of sp³-hybridized carbons (Fsp3) is 0.333. The van der Waals surface area contributed by atoms with E-state index in [1.54, 1.807) is 0 Å². The van der Waals surface area contributed by atoms with E-state index in [1.165, 1.54) is 0 Å². The first-order valence-electron chi connectivity index (χ1n) is 3.63. The van der Waals surface area contributed by atoms with Crippen molar-refractivity contribution >= 4 is 11.6 Å². The summed E-state index contributed by atoms with van der Waals surface area (Å²) in [4.78, 5) is 0. The molecule has 0 amide bonds. The van der Waals surface area contributed by atoms with Crippen LogP contribution in [0.2, 0.25) is 0 Å². The van der Waals surface area contributed by atoms with Gasteiger partial charge in [-0.2, -0.15) is 0 Å². The van der Waals surface area contributed by atoms with Gasteiger partial charge in [0.05, 0.1) is 6.10 Å². The largest absolute Gasteiger partial charge is 0.388 e. The minimum absolute atomic E-state index is 0.409. The summed E-state index contributed by atoms with van der Waals surface area (Å²) in [7, 11) is 0. The second kappa shape index (κ2) is 4.37. The molecule has 0 fully saturated rings. The van der Waals surface area contributed by atoms with E-state index < -0.39 is 6.10 Å². The molecular formula is C9H11ClO. The lowest BCUT2D eigenvalue weighted by Crippen LogP contribution is -1.96. The van der Waals surface area contributed by atoms with Gasteiger partial charge in [0, 0.05) is 5.88 Å². The first kappa shape index (κ1) is 8.57. The fourth-order valence-electron chi connectivity index (χ4n) is 0.945. The molecule has 0 aliphatic rings. The van der Waals surface area contributed by atoms with Gasteiger partial charge < -0.3 is 5.11 Å². The molecule has 0 aliphatic heterocycles. The van der Waals surface area contributed by atoms with Gasteiger partial charge in [0.15, 0.2) is 0 Å². The zero-order valence-corrected chi connectivity index (χ0v) is 6.96. The van der Waals surface area contributed by atoms with E-state index in [4.69, 9.17) is 11.6 Å². The SMILES string of the molecule is O[14C@@H](CCCl)c1ccccc1. The van der Waals surface area contributed by atoms with Crippen LogP contribution in [-0.2, 0) is 0 Å². The van der Waals surface area contributed by atoms with Crippen LogP contribution in [0.4, 0.5) is 0 Å². The van der Waals surface area contributed by atoms with Gasteiger partial charge in [-0.05, 0) is 12.0 Å². The number of hydrogen-bond acceptors (Lipinski definition) is 1. The molecule has 1 N–H and O–H groups in total. The monoisotopic (exact) mass is 172 g/mol. The number of rotatable bonds is 3. The molecule has 1 rings (SSSR count). The zero-order valence-electron chi connectivity index (χ0n) is 6.20. The third-order valence-corrected chi connectivity index (χ3v) is 1.79. The van der Waals surface area contributed by atoms with Crippen LogP contribution in [0, 0.1) is 0 Å². The number of benzene rings is 1. The first-order chi connectivity index (χ1) is 5.34. The van der Waals surface area contributed by atoms with E-state index in [0.717, 1.165) is 5.56 Å². The Kier molecular flexibility index (Phi) is 3.40. The highest BCUT2D eigenvalue weighted by molar-refractivity contribution is 6.17. The van der Waals surface area contributed by atoms with Crippen molar-refractivity contribution in [1.29, 1.82) is 0 Å². The topological polar surface area (TPSA) is 20.2 Å². The fourth-order valence-corrected chi connectivity index (χ4v) is 1.15. The van der Waals surface area contributed by atoms with Gasteiger partial charge in [-0.3, -0.25) is 0 Å². The smallest absolute Gasteiger partial charge is 0.0801 e. The summed E-state index contributed by atoms with van der Waals surface area (Å²) in [5.74, 6) is 0.496. The van der Waals surface area contributed by atoms with Crippen LogP contribution in [0.3, 0.4) is 0 Å². The normalized spacial score (nSPS) is 12.9. The van der Waals surface area contributed by atoms with E-state index in [2.05, 4.69) is 0 Å². The van der Waals surface area contributed by atoms with Crippen LogP contribution in [0.15, 0.2) is 30.3 Å². The average Bonchev–Trinajstić information content (AvgIpc) is 2.07. The van der Waals surface area contributed by atoms with Crippen LogP contribution < -0.4 is 0 Å². The predicted octanol–water partition coefficient (Wildman–Crippen LogP) is 2.35. The number of alkyl halides is 1. The molecular weight excluding hydrogens is 162 g/mol. The van der Waals surface area contributed by atoms with Crippen LogP contribution >= 0.6 is 11.6 Å². The highest BCUT2D eigenvalue weighted by Crippen LogP contribution is 2.15. The Balaban J connectivity index is 2.61. The first-order valence-corrected chi connectivity index (χ1v) is 4.17. The van der Waals surface area contributed by atoms with Crippen molar-refractivity contribution in [3.63, 3.8) is 0 Å². The summed E-state index contributed by atoms with van der Waals surface area (Å²) in [6.07, 6.45) is 0.208. The zero-order chi connectivity index (χ0) is 8.10. The van der Waals surface area contributed by atoms with Gasteiger partial charge >= 0.3 is 0 Å². The van der Waals surface area contributed by atoms with E-state index in [-0.39, 0.29) is 0 Å². The Morgan fingerprint density at radius 3 is 2.45 bits per heavy atom. The number of aliphatic hydroxyl groups excluding tert-OH is 1. The molecule has 0 saturated heterocycles. The average molecular weight is 173 g/mol. The van der Waals surface area contributed by atoms with Crippen molar-refractivity contribution in [2.24, 2.45) is 0 Å². The third-order valence-electron chi connectivity index (χ3n) is 1.57. The summed E-state index contributed by atoms with van der Waals surface area (Å²) < 4.78 is 0. The summed E-state index contributed by atoms with van der Waals surface area (Å²) in [5, 5.41) is 9.44. The molecule has 11 heavy (non-hydrogen) atoms. The maximum Gasteiger partial charge on any atom is 0.0801 e. The van der Waals surface area contributed by atoms with E-state index in [9.17, 15) is 5.11 Å². The van der Waals surface area contributed by atoms with E-state index >= 15 is 0 Å². The van der Waals surface area contributed by atoms with Crippen molar-refractivity contribution in [3.8, 4) is 0 Å². The molecule has 0 spiro atoms. The lowest BCUT2D eigenvalue weighted by molar-refractivity contribution is 0.174. The predicted molar refractivity (Wildman–Crippen MR) is 46.7 cm³/mol. The van der Waals surface area contributed by atoms with Crippen LogP contribution in [0.5, 0.6) is 0 Å². The van der Waals surface area contributed by atoms with Crippen molar-refractivity contribution < 1.29 is 5.11 Å². The molecule has 0 bridgehead atoms. The Labute approximate surface area is 71.6 Å². The Hall–Kier alpha value is -0.530. The molecule has 1 aromatic carbocycles. The highest BCUT2D eigenvalue weighted by Gasteiger charge is 2.03. The minimum atomic E-state index is -0.409. The summed E-state index contributed by atoms with van der Waals surface area (Å²) in [6.45, 7) is 0. The van der Waals surface area contributed by atoms with Crippen LogP contribution in [-0.4, -0.2) is 11.0 Å². The van der Waals surface area contributed by atoms with Crippen molar-refractivity contribution in [1.82, 2.24) is 0 Å². The van der Waals surface area contributed by atoms with Gasteiger partial charge in [-0.1, -0.05) is 30.3 Å². The van der Waals surface area contributed by atoms with Crippen molar-refractivity contribution in [2.45, 2.75) is 12.5 Å². The minimum Gasteiger partial charge on any atom is -0.388 e. The molecule has 60 valence electrons. The summed E-state index contributed by atoms with van der Waals surface area (Å²) in [6, 6.07) is 9.55. The molecule has 0 radical (unpaired) electrons. The second-order valence-corrected chi connectivity index (χ2v) is 2.78. The summed E-state index contributed by atoms with van der Waals surface area (Å²) >= 11 is 5.49. The molecule has 1 nitrogen and oxygen atoms in total. The van der Waals surface area contributed by atoms with Crippen LogP contribution in [0.1, 0.15) is 18.1 Å². The number of hydrogen-bond donors (Lipinski definition) is 1. The Bertz CT molecular complexity index is 198. The highest BCUT2D eigenvalue weighted by atomic mass is 35.5. The number of halogens is 1. The maximum absolute atomic E-state index is 9.44. The standard InChI is InChI=1S/C9H11ClO/c10-7-6-9(11)8-4-2-1-3-5-8/h1-5,9,11H,6-7H2/t9-/m0/s1/i9+2. The molecule has 0 heterocycles. The summed E-state index contributed by atoms with van der Waals surface area (Å²) in [5.41, 5.74) is 0.938. The molecule has 0 saturated carbocycles. The van der Waals surface area contributed by atoms with E-state index in [0.29, 0.717) is 12.3 Å². The molecule has 0 unspecified atom stereocenters. The van der Waals surface area contributed by atoms with Crippen LogP contribution in [0.25, 0.3) is 0 Å². The third kappa shape index (κ3) is 2.52. The number of aliphatic hydroxyl groups is 1. The second-order valence-electron chi connectivity index (χ2n) is 2.40. The van der Waals surface area contributed by atoms with Gasteiger partial charge in [-0.15, -0.1) is 11.6 Å². The van der Waals surface area contributed by atoms with Gasteiger partial charge in [-0.25, -0.2) is 0 Å². The quantitative estimate of drug-likeness (QED) is 0.694. The van der Waals surface area contributed by atoms with Crippen molar-refractivity contribution in [3.05, 3.63) is 35.9 Å². The lowest BCUT2D eigenvalue weighted by Gasteiger charge is -2.07. The molecule has 1 aromatic rings. The Morgan fingerprint density at radius 2 is 1.91 bits per heavy atom. The lowest BCUT2D eigenvalue weighted by atomic mass is 10.3. The van der Waals surface area contributed by atoms with Crippen molar-refractivity contribution in [2.75, 3.05) is 5.88 Å². The van der Waals surface area contributed by atoms with Gasteiger partial charge in [0.25, 0.3) is 0 Å².